The summed E-state index contributed by atoms with van der Waals surface area (Å²) in [5.41, 5.74) is 4.71. The minimum absolute atomic E-state index is 1.09. The molecule has 3 aromatic rings. The number of nitrogens with two attached hydrogens (primary N) is 1. The molecule has 16 heavy (non-hydrogen) atoms. The van der Waals surface area contributed by atoms with Crippen LogP contribution in [0.5, 0.6) is 0 Å². The molecule has 2 aromatic carbocycles. The summed E-state index contributed by atoms with van der Waals surface area (Å²) >= 11 is 0. The van der Waals surface area contributed by atoms with Crippen LogP contribution < -0.4 is 5.84 Å². The quantitative estimate of drug-likeness (QED) is 0.568. The van der Waals surface area contributed by atoms with Gasteiger partial charge in [0.05, 0.1) is 11.0 Å². The van der Waals surface area contributed by atoms with Crippen molar-refractivity contribution in [1.29, 1.82) is 0 Å². The molecule has 3 rings (SSSR count). The molecule has 1 heterocycles. The molecule has 0 amide bonds. The topological polar surface area (TPSA) is 30.9 Å². The van der Waals surface area contributed by atoms with E-state index in [1.54, 1.807) is 4.68 Å². The van der Waals surface area contributed by atoms with Gasteiger partial charge >= 0.3 is 0 Å². The molecular formula is C14H14N2. The number of hydrogen-bond acceptors (Lipinski definition) is 1. The van der Waals surface area contributed by atoms with Gasteiger partial charge in [0.15, 0.2) is 0 Å². The van der Waals surface area contributed by atoms with E-state index in [9.17, 15) is 0 Å². The van der Waals surface area contributed by atoms with Crippen LogP contribution in [0.25, 0.3) is 21.8 Å². The van der Waals surface area contributed by atoms with Gasteiger partial charge < -0.3 is 5.84 Å². The van der Waals surface area contributed by atoms with Crippen molar-refractivity contribution in [3.05, 3.63) is 47.5 Å². The van der Waals surface area contributed by atoms with E-state index in [-0.39, 0.29) is 0 Å². The second kappa shape index (κ2) is 3.01. The maximum absolute atomic E-state index is 6.09. The van der Waals surface area contributed by atoms with Gasteiger partial charge in [0.2, 0.25) is 0 Å². The Morgan fingerprint density at radius 3 is 1.69 bits per heavy atom. The number of aryl methyl sites for hydroxylation is 2. The average molecular weight is 210 g/mol. The summed E-state index contributed by atoms with van der Waals surface area (Å²) in [6.45, 7) is 4.21. The van der Waals surface area contributed by atoms with Crippen molar-refractivity contribution >= 4 is 21.8 Å². The van der Waals surface area contributed by atoms with Crippen LogP contribution in [-0.2, 0) is 0 Å². The molecule has 1 aromatic heterocycles. The molecule has 2 N–H and O–H groups in total. The lowest BCUT2D eigenvalue weighted by atomic mass is 10.1. The van der Waals surface area contributed by atoms with Crippen LogP contribution in [0.2, 0.25) is 0 Å². The smallest absolute Gasteiger partial charge is 0.0703 e. The summed E-state index contributed by atoms with van der Waals surface area (Å²) < 4.78 is 1.77. The van der Waals surface area contributed by atoms with Gasteiger partial charge in [-0.3, -0.25) is 4.68 Å². The molecule has 0 atom stereocenters. The van der Waals surface area contributed by atoms with Gasteiger partial charge in [-0.1, -0.05) is 23.3 Å². The second-order valence-electron chi connectivity index (χ2n) is 4.41. The molecule has 0 spiro atoms. The number of hydrogen-bond donors (Lipinski definition) is 1. The Hall–Kier alpha value is -1.96. The number of benzene rings is 2. The molecule has 0 saturated heterocycles. The molecule has 2 nitrogen and oxygen atoms in total. The van der Waals surface area contributed by atoms with Crippen molar-refractivity contribution in [3.63, 3.8) is 0 Å². The zero-order valence-electron chi connectivity index (χ0n) is 9.49. The van der Waals surface area contributed by atoms with Crippen molar-refractivity contribution in [1.82, 2.24) is 4.68 Å². The minimum Gasteiger partial charge on any atom is -0.339 e. The van der Waals surface area contributed by atoms with E-state index >= 15 is 0 Å². The highest BCUT2D eigenvalue weighted by molar-refractivity contribution is 6.08. The zero-order chi connectivity index (χ0) is 11.3. The highest BCUT2D eigenvalue weighted by Crippen LogP contribution is 2.28. The molecule has 0 saturated carbocycles. The Morgan fingerprint density at radius 2 is 1.25 bits per heavy atom. The number of aromatic nitrogens is 1. The molecule has 0 radical (unpaired) electrons. The predicted octanol–water partition coefficient (Wildman–Crippen LogP) is 3.13. The number of nitrogens with zero attached hydrogens (tertiary/aromatic N) is 1. The minimum atomic E-state index is 1.09. The van der Waals surface area contributed by atoms with Crippen molar-refractivity contribution in [2.24, 2.45) is 0 Å². The first-order valence-electron chi connectivity index (χ1n) is 5.43. The van der Waals surface area contributed by atoms with E-state index in [1.165, 1.54) is 21.9 Å². The first-order chi connectivity index (χ1) is 7.66. The van der Waals surface area contributed by atoms with Gasteiger partial charge in [0.1, 0.15) is 0 Å². The van der Waals surface area contributed by atoms with Crippen molar-refractivity contribution < 1.29 is 0 Å². The van der Waals surface area contributed by atoms with Crippen LogP contribution in [0.3, 0.4) is 0 Å². The van der Waals surface area contributed by atoms with Crippen molar-refractivity contribution in [2.75, 3.05) is 5.84 Å². The molecule has 0 fully saturated rings. The van der Waals surface area contributed by atoms with Gasteiger partial charge in [-0.15, -0.1) is 0 Å². The largest absolute Gasteiger partial charge is 0.339 e. The lowest BCUT2D eigenvalue weighted by molar-refractivity contribution is 1.12. The summed E-state index contributed by atoms with van der Waals surface area (Å²) in [7, 11) is 0. The maximum Gasteiger partial charge on any atom is 0.0703 e. The number of fused-ring (bicyclic) bond motifs is 3. The van der Waals surface area contributed by atoms with Crippen molar-refractivity contribution in [3.8, 4) is 0 Å². The van der Waals surface area contributed by atoms with Crippen LogP contribution in [0, 0.1) is 13.8 Å². The molecule has 2 heteroatoms. The van der Waals surface area contributed by atoms with Gasteiger partial charge in [-0.05, 0) is 38.1 Å². The fourth-order valence-electron chi connectivity index (χ4n) is 2.28. The Balaban J connectivity index is 2.60. The fourth-order valence-corrected chi connectivity index (χ4v) is 2.28. The number of nitrogen functional groups attached to an aromatic ring is 1. The standard InChI is InChI=1S/C14H14N2/c1-9-3-5-13-11(7-9)12-8-10(2)4-6-14(12)16(13)15/h3-8H,15H2,1-2H3. The van der Waals surface area contributed by atoms with Crippen LogP contribution in [-0.4, -0.2) is 4.68 Å². The Kier molecular flexibility index (Phi) is 1.75. The van der Waals surface area contributed by atoms with Gasteiger partial charge in [-0.25, -0.2) is 0 Å². The molecule has 0 aliphatic carbocycles. The van der Waals surface area contributed by atoms with Crippen molar-refractivity contribution in [2.45, 2.75) is 13.8 Å². The summed E-state index contributed by atoms with van der Waals surface area (Å²) in [5.74, 6) is 6.09. The van der Waals surface area contributed by atoms with Gasteiger partial charge in [0, 0.05) is 10.8 Å². The van der Waals surface area contributed by atoms with E-state index < -0.39 is 0 Å². The zero-order valence-corrected chi connectivity index (χ0v) is 9.49. The molecule has 0 aliphatic rings. The van der Waals surface area contributed by atoms with E-state index in [4.69, 9.17) is 5.84 Å². The molecule has 0 aliphatic heterocycles. The van der Waals surface area contributed by atoms with Gasteiger partial charge in [-0.2, -0.15) is 0 Å². The summed E-state index contributed by atoms with van der Waals surface area (Å²) in [6, 6.07) is 12.7. The molecule has 80 valence electrons. The third-order valence-electron chi connectivity index (χ3n) is 3.11. The average Bonchev–Trinajstić information content (AvgIpc) is 2.52. The Labute approximate surface area is 94.3 Å². The summed E-state index contributed by atoms with van der Waals surface area (Å²) in [4.78, 5) is 0. The third-order valence-corrected chi connectivity index (χ3v) is 3.11. The predicted molar refractivity (Wildman–Crippen MR) is 69.1 cm³/mol. The highest BCUT2D eigenvalue weighted by Gasteiger charge is 2.08. The third kappa shape index (κ3) is 1.13. The molecule has 0 unspecified atom stereocenters. The number of rotatable bonds is 0. The Morgan fingerprint density at radius 1 is 0.812 bits per heavy atom. The van der Waals surface area contributed by atoms with Crippen LogP contribution >= 0.6 is 0 Å². The highest BCUT2D eigenvalue weighted by atomic mass is 15.3. The van der Waals surface area contributed by atoms with E-state index in [0.717, 1.165) is 11.0 Å². The second-order valence-corrected chi connectivity index (χ2v) is 4.41. The molecule has 0 bridgehead atoms. The monoisotopic (exact) mass is 210 g/mol. The summed E-state index contributed by atoms with van der Waals surface area (Å²) in [5, 5.41) is 2.47. The maximum atomic E-state index is 6.09. The lowest BCUT2D eigenvalue weighted by Gasteiger charge is -1.97. The first kappa shape index (κ1) is 9.28. The van der Waals surface area contributed by atoms with E-state index in [2.05, 4.69) is 50.2 Å². The Bertz CT molecular complexity index is 633. The van der Waals surface area contributed by atoms with E-state index in [0.29, 0.717) is 0 Å². The van der Waals surface area contributed by atoms with E-state index in [1.807, 2.05) is 0 Å². The van der Waals surface area contributed by atoms with Crippen LogP contribution in [0.15, 0.2) is 36.4 Å². The first-order valence-corrected chi connectivity index (χ1v) is 5.43. The van der Waals surface area contributed by atoms with Crippen LogP contribution in [0.4, 0.5) is 0 Å². The SMILES string of the molecule is Cc1ccc2c(c1)c1cc(C)ccc1n2N. The molecular weight excluding hydrogens is 196 g/mol. The van der Waals surface area contributed by atoms with Crippen LogP contribution in [0.1, 0.15) is 11.1 Å². The fraction of sp³-hybridized carbons (Fsp3) is 0.143. The summed E-state index contributed by atoms with van der Waals surface area (Å²) in [6.07, 6.45) is 0. The lowest BCUT2D eigenvalue weighted by Crippen LogP contribution is -2.06. The van der Waals surface area contributed by atoms with Gasteiger partial charge in [0.25, 0.3) is 0 Å². The normalized spacial score (nSPS) is 11.4.